The molecule has 86 valence electrons. The summed E-state index contributed by atoms with van der Waals surface area (Å²) in [5, 5.41) is 5.97. The second-order valence-corrected chi connectivity index (χ2v) is 4.56. The summed E-state index contributed by atoms with van der Waals surface area (Å²) in [7, 11) is 1.86. The van der Waals surface area contributed by atoms with Crippen molar-refractivity contribution in [3.63, 3.8) is 0 Å². The number of halogens is 1. The van der Waals surface area contributed by atoms with E-state index in [-0.39, 0.29) is 6.04 Å². The van der Waals surface area contributed by atoms with Crippen molar-refractivity contribution in [2.24, 2.45) is 12.8 Å². The Morgan fingerprint density at radius 1 is 1.56 bits per heavy atom. The monoisotopic (exact) mass is 238 g/mol. The quantitative estimate of drug-likeness (QED) is 0.868. The zero-order valence-electron chi connectivity index (χ0n) is 9.66. The molecule has 0 aromatic carbocycles. The Hall–Kier alpha value is -1.13. The molecule has 2 rings (SSSR count). The molecule has 2 heterocycles. The lowest BCUT2D eigenvalue weighted by Crippen LogP contribution is -2.18. The summed E-state index contributed by atoms with van der Waals surface area (Å²) >= 11 is 6.36. The van der Waals surface area contributed by atoms with Gasteiger partial charge in [0.05, 0.1) is 16.1 Å². The molecule has 0 saturated heterocycles. The fourth-order valence-corrected chi connectivity index (χ4v) is 2.24. The van der Waals surface area contributed by atoms with Gasteiger partial charge >= 0.3 is 0 Å². The third-order valence-corrected chi connectivity index (χ3v) is 3.01. The molecule has 2 N–H and O–H groups in total. The van der Waals surface area contributed by atoms with E-state index in [1.54, 1.807) is 10.9 Å². The molecule has 4 nitrogen and oxygen atoms in total. The summed E-state index contributed by atoms with van der Waals surface area (Å²) in [5.41, 5.74) is 8.48. The topological polar surface area (TPSA) is 56.7 Å². The molecule has 0 bridgehead atoms. The van der Waals surface area contributed by atoms with Gasteiger partial charge in [-0.25, -0.2) is 4.98 Å². The molecule has 5 heteroatoms. The number of nitrogens with zero attached hydrogens (tertiary/aromatic N) is 3. The average molecular weight is 239 g/mol. The minimum atomic E-state index is 0.0775. The van der Waals surface area contributed by atoms with E-state index in [2.05, 4.69) is 10.1 Å². The molecule has 0 amide bonds. The third kappa shape index (κ3) is 1.79. The van der Waals surface area contributed by atoms with Crippen molar-refractivity contribution in [1.29, 1.82) is 0 Å². The van der Waals surface area contributed by atoms with Crippen LogP contribution in [-0.2, 0) is 13.5 Å². The molecule has 1 atom stereocenters. The van der Waals surface area contributed by atoms with Gasteiger partial charge < -0.3 is 5.73 Å². The van der Waals surface area contributed by atoms with Crippen LogP contribution in [0.4, 0.5) is 0 Å². The van der Waals surface area contributed by atoms with Crippen LogP contribution < -0.4 is 5.73 Å². The van der Waals surface area contributed by atoms with Crippen molar-refractivity contribution in [2.75, 3.05) is 0 Å². The van der Waals surface area contributed by atoms with Crippen LogP contribution in [0, 0.1) is 6.92 Å². The molecular weight excluding hydrogens is 224 g/mol. The molecule has 1 unspecified atom stereocenters. The van der Waals surface area contributed by atoms with Crippen molar-refractivity contribution in [3.8, 4) is 0 Å². The van der Waals surface area contributed by atoms with Crippen molar-refractivity contribution in [1.82, 2.24) is 14.8 Å². The lowest BCUT2D eigenvalue weighted by molar-refractivity contribution is 0.735. The number of hydrogen-bond donors (Lipinski definition) is 1. The number of fused-ring (bicyclic) bond motifs is 1. The zero-order valence-corrected chi connectivity index (χ0v) is 10.4. The number of nitrogens with two attached hydrogens (primary N) is 1. The van der Waals surface area contributed by atoms with Gasteiger partial charge in [0, 0.05) is 19.3 Å². The summed E-state index contributed by atoms with van der Waals surface area (Å²) < 4.78 is 1.74. The van der Waals surface area contributed by atoms with E-state index in [0.29, 0.717) is 0 Å². The molecule has 0 aliphatic rings. The highest BCUT2D eigenvalue weighted by atomic mass is 35.5. The van der Waals surface area contributed by atoms with Crippen LogP contribution in [0.1, 0.15) is 18.2 Å². The summed E-state index contributed by atoms with van der Waals surface area (Å²) in [6, 6.07) is 0.0775. The first-order valence-electron chi connectivity index (χ1n) is 5.23. The number of hydrogen-bond acceptors (Lipinski definition) is 3. The molecule has 0 aliphatic heterocycles. The first-order chi connectivity index (χ1) is 7.50. The molecule has 0 fully saturated rings. The molecular formula is C11H15ClN4. The maximum absolute atomic E-state index is 6.36. The largest absolute Gasteiger partial charge is 0.328 e. The summed E-state index contributed by atoms with van der Waals surface area (Å²) in [6.45, 7) is 3.89. The Bertz CT molecular complexity index is 530. The van der Waals surface area contributed by atoms with Crippen molar-refractivity contribution >= 4 is 22.6 Å². The fourth-order valence-electron chi connectivity index (χ4n) is 1.90. The maximum Gasteiger partial charge on any atom is 0.159 e. The number of rotatable bonds is 2. The van der Waals surface area contributed by atoms with Gasteiger partial charge in [-0.15, -0.1) is 0 Å². The SMILES string of the molecule is Cc1nn(C)c2ncc(CC(C)N)c(Cl)c12. The summed E-state index contributed by atoms with van der Waals surface area (Å²) in [4.78, 5) is 4.38. The van der Waals surface area contributed by atoms with Crippen LogP contribution in [0.2, 0.25) is 5.02 Å². The summed E-state index contributed by atoms with van der Waals surface area (Å²) in [6.07, 6.45) is 2.52. The van der Waals surface area contributed by atoms with Gasteiger partial charge in [0.15, 0.2) is 5.65 Å². The summed E-state index contributed by atoms with van der Waals surface area (Å²) in [5.74, 6) is 0. The van der Waals surface area contributed by atoms with Gasteiger partial charge in [0.2, 0.25) is 0 Å². The van der Waals surface area contributed by atoms with E-state index in [0.717, 1.165) is 33.7 Å². The van der Waals surface area contributed by atoms with Gasteiger partial charge in [0.25, 0.3) is 0 Å². The van der Waals surface area contributed by atoms with Crippen molar-refractivity contribution < 1.29 is 0 Å². The van der Waals surface area contributed by atoms with E-state index >= 15 is 0 Å². The molecule has 0 aliphatic carbocycles. The standard InChI is InChI=1S/C11H15ClN4/c1-6(13)4-8-5-14-11-9(10(8)12)7(2)15-16(11)3/h5-6H,4,13H2,1-3H3. The second-order valence-electron chi connectivity index (χ2n) is 4.19. The van der Waals surface area contributed by atoms with E-state index in [1.807, 2.05) is 20.9 Å². The van der Waals surface area contributed by atoms with Crippen LogP contribution in [-0.4, -0.2) is 20.8 Å². The van der Waals surface area contributed by atoms with Crippen LogP contribution in [0.25, 0.3) is 11.0 Å². The number of aryl methyl sites for hydroxylation is 2. The predicted molar refractivity (Wildman–Crippen MR) is 65.6 cm³/mol. The highest BCUT2D eigenvalue weighted by Gasteiger charge is 2.14. The highest BCUT2D eigenvalue weighted by molar-refractivity contribution is 6.36. The Morgan fingerprint density at radius 3 is 2.88 bits per heavy atom. The van der Waals surface area contributed by atoms with Gasteiger partial charge in [-0.05, 0) is 25.8 Å². The Balaban J connectivity index is 2.64. The third-order valence-electron chi connectivity index (χ3n) is 2.58. The van der Waals surface area contributed by atoms with Gasteiger partial charge in [-0.3, -0.25) is 4.68 Å². The fraction of sp³-hybridized carbons (Fsp3) is 0.455. The Morgan fingerprint density at radius 2 is 2.25 bits per heavy atom. The molecule has 2 aromatic heterocycles. The minimum absolute atomic E-state index is 0.0775. The van der Waals surface area contributed by atoms with Gasteiger partial charge in [-0.1, -0.05) is 11.6 Å². The second kappa shape index (κ2) is 4.03. The van der Waals surface area contributed by atoms with E-state index in [4.69, 9.17) is 17.3 Å². The number of pyridine rings is 1. The molecule has 0 saturated carbocycles. The Kier molecular flexibility index (Phi) is 2.86. The van der Waals surface area contributed by atoms with Crippen LogP contribution in [0.3, 0.4) is 0 Å². The normalized spacial score (nSPS) is 13.3. The first kappa shape index (κ1) is 11.4. The first-order valence-corrected chi connectivity index (χ1v) is 5.60. The zero-order chi connectivity index (χ0) is 11.9. The van der Waals surface area contributed by atoms with E-state index < -0.39 is 0 Å². The lowest BCUT2D eigenvalue weighted by atomic mass is 10.1. The van der Waals surface area contributed by atoms with Gasteiger partial charge in [-0.2, -0.15) is 5.10 Å². The van der Waals surface area contributed by atoms with Gasteiger partial charge in [0.1, 0.15) is 0 Å². The average Bonchev–Trinajstić information content (AvgIpc) is 2.46. The maximum atomic E-state index is 6.36. The van der Waals surface area contributed by atoms with Crippen LogP contribution >= 0.6 is 11.6 Å². The van der Waals surface area contributed by atoms with Crippen molar-refractivity contribution in [2.45, 2.75) is 26.3 Å². The van der Waals surface area contributed by atoms with E-state index in [1.165, 1.54) is 0 Å². The number of aromatic nitrogens is 3. The Labute approximate surface area is 99.4 Å². The highest BCUT2D eigenvalue weighted by Crippen LogP contribution is 2.28. The predicted octanol–water partition coefficient (Wildman–Crippen LogP) is 1.82. The minimum Gasteiger partial charge on any atom is -0.328 e. The van der Waals surface area contributed by atoms with Crippen LogP contribution in [0.15, 0.2) is 6.20 Å². The lowest BCUT2D eigenvalue weighted by Gasteiger charge is -2.07. The molecule has 2 aromatic rings. The smallest absolute Gasteiger partial charge is 0.159 e. The molecule has 16 heavy (non-hydrogen) atoms. The van der Waals surface area contributed by atoms with E-state index in [9.17, 15) is 0 Å². The van der Waals surface area contributed by atoms with Crippen molar-refractivity contribution in [3.05, 3.63) is 22.5 Å². The van der Waals surface area contributed by atoms with Crippen LogP contribution in [0.5, 0.6) is 0 Å². The molecule has 0 spiro atoms. The molecule has 0 radical (unpaired) electrons.